The molecule has 0 saturated heterocycles. The third kappa shape index (κ3) is 2.78. The predicted octanol–water partition coefficient (Wildman–Crippen LogP) is 4.92. The van der Waals surface area contributed by atoms with E-state index in [1.165, 1.54) is 6.92 Å². The first-order valence-electron chi connectivity index (χ1n) is 8.60. The molecule has 0 bridgehead atoms. The number of nitrogens with one attached hydrogen (secondary N) is 1. The zero-order valence-electron chi connectivity index (χ0n) is 14.4. The standard InChI is InChI=1S/C23H19NO2/c1-15(25)24-23(20-12-6-9-16-7-2-4-10-18(16)20)22-19-11-5-3-8-17(19)13-14-21(22)26/h2-14,23,26H,1H3,(H,24,25). The summed E-state index contributed by atoms with van der Waals surface area (Å²) in [5.74, 6) is 0.0330. The molecule has 128 valence electrons. The molecule has 4 aromatic carbocycles. The Balaban J connectivity index is 2.03. The van der Waals surface area contributed by atoms with Gasteiger partial charge in [0.2, 0.25) is 5.91 Å². The van der Waals surface area contributed by atoms with Gasteiger partial charge in [-0.05, 0) is 33.2 Å². The van der Waals surface area contributed by atoms with Crippen molar-refractivity contribution in [3.8, 4) is 5.75 Å². The fraction of sp³-hybridized carbons (Fsp3) is 0.0870. The largest absolute Gasteiger partial charge is 0.508 e. The maximum absolute atomic E-state index is 12.0. The molecule has 0 aliphatic heterocycles. The molecule has 4 aromatic rings. The molecule has 0 fully saturated rings. The van der Waals surface area contributed by atoms with Crippen molar-refractivity contribution in [2.24, 2.45) is 0 Å². The molecule has 0 aliphatic carbocycles. The second-order valence-electron chi connectivity index (χ2n) is 6.42. The highest BCUT2D eigenvalue weighted by molar-refractivity contribution is 5.92. The predicted molar refractivity (Wildman–Crippen MR) is 105 cm³/mol. The zero-order chi connectivity index (χ0) is 18.1. The highest BCUT2D eigenvalue weighted by Gasteiger charge is 2.23. The minimum atomic E-state index is -0.440. The van der Waals surface area contributed by atoms with E-state index in [2.05, 4.69) is 5.32 Å². The highest BCUT2D eigenvalue weighted by atomic mass is 16.3. The summed E-state index contributed by atoms with van der Waals surface area (Å²) < 4.78 is 0. The lowest BCUT2D eigenvalue weighted by molar-refractivity contribution is -0.119. The van der Waals surface area contributed by atoms with E-state index in [0.29, 0.717) is 0 Å². The molecular weight excluding hydrogens is 322 g/mol. The summed E-state index contributed by atoms with van der Waals surface area (Å²) in [6.45, 7) is 1.50. The first-order chi connectivity index (χ1) is 12.6. The molecule has 1 atom stereocenters. The van der Waals surface area contributed by atoms with Crippen molar-refractivity contribution in [3.63, 3.8) is 0 Å². The van der Waals surface area contributed by atoms with Crippen LogP contribution < -0.4 is 5.32 Å². The number of hydrogen-bond donors (Lipinski definition) is 2. The van der Waals surface area contributed by atoms with Crippen LogP contribution >= 0.6 is 0 Å². The van der Waals surface area contributed by atoms with Crippen LogP contribution in [-0.2, 0) is 4.79 Å². The number of fused-ring (bicyclic) bond motifs is 2. The monoisotopic (exact) mass is 341 g/mol. The molecule has 2 N–H and O–H groups in total. The van der Waals surface area contributed by atoms with Crippen molar-refractivity contribution in [3.05, 3.63) is 90.0 Å². The minimum absolute atomic E-state index is 0.143. The average molecular weight is 341 g/mol. The van der Waals surface area contributed by atoms with Crippen molar-refractivity contribution in [2.75, 3.05) is 0 Å². The molecule has 0 saturated carbocycles. The zero-order valence-corrected chi connectivity index (χ0v) is 14.4. The van der Waals surface area contributed by atoms with Crippen LogP contribution in [0.4, 0.5) is 0 Å². The van der Waals surface area contributed by atoms with Crippen molar-refractivity contribution < 1.29 is 9.90 Å². The van der Waals surface area contributed by atoms with Gasteiger partial charge in [0.15, 0.2) is 0 Å². The number of phenolic OH excluding ortho intramolecular Hbond substituents is 1. The van der Waals surface area contributed by atoms with E-state index >= 15 is 0 Å². The van der Waals surface area contributed by atoms with Gasteiger partial charge in [-0.2, -0.15) is 0 Å². The van der Waals surface area contributed by atoms with Gasteiger partial charge in [0.1, 0.15) is 5.75 Å². The third-order valence-corrected chi connectivity index (χ3v) is 4.72. The maximum Gasteiger partial charge on any atom is 0.217 e. The number of aromatic hydroxyl groups is 1. The van der Waals surface area contributed by atoms with E-state index in [1.54, 1.807) is 6.07 Å². The van der Waals surface area contributed by atoms with Crippen molar-refractivity contribution in [1.29, 1.82) is 0 Å². The fourth-order valence-corrected chi connectivity index (χ4v) is 3.60. The Labute approximate surface area is 151 Å². The highest BCUT2D eigenvalue weighted by Crippen LogP contribution is 2.38. The van der Waals surface area contributed by atoms with Gasteiger partial charge in [0.25, 0.3) is 0 Å². The van der Waals surface area contributed by atoms with Crippen LogP contribution in [0.5, 0.6) is 5.75 Å². The second kappa shape index (κ2) is 6.52. The lowest BCUT2D eigenvalue weighted by Crippen LogP contribution is -2.27. The summed E-state index contributed by atoms with van der Waals surface area (Å²) in [5.41, 5.74) is 1.68. The van der Waals surface area contributed by atoms with Crippen molar-refractivity contribution >= 4 is 27.5 Å². The number of phenols is 1. The van der Waals surface area contributed by atoms with Gasteiger partial charge < -0.3 is 10.4 Å². The smallest absolute Gasteiger partial charge is 0.217 e. The van der Waals surface area contributed by atoms with Crippen LogP contribution in [0.3, 0.4) is 0 Å². The Bertz CT molecular complexity index is 1110. The number of rotatable bonds is 3. The Kier molecular flexibility index (Phi) is 4.05. The molecule has 0 radical (unpaired) electrons. The number of hydrogen-bond acceptors (Lipinski definition) is 2. The van der Waals surface area contributed by atoms with E-state index in [1.807, 2.05) is 72.8 Å². The first kappa shape index (κ1) is 16.2. The number of carbonyl (C=O) groups is 1. The normalized spacial score (nSPS) is 12.2. The Morgan fingerprint density at radius 1 is 0.808 bits per heavy atom. The average Bonchev–Trinajstić information content (AvgIpc) is 2.66. The van der Waals surface area contributed by atoms with Crippen LogP contribution in [-0.4, -0.2) is 11.0 Å². The van der Waals surface area contributed by atoms with Gasteiger partial charge in [-0.1, -0.05) is 72.8 Å². The van der Waals surface area contributed by atoms with Crippen LogP contribution in [0, 0.1) is 0 Å². The first-order valence-corrected chi connectivity index (χ1v) is 8.60. The van der Waals surface area contributed by atoms with E-state index in [-0.39, 0.29) is 11.7 Å². The summed E-state index contributed by atoms with van der Waals surface area (Å²) in [7, 11) is 0. The van der Waals surface area contributed by atoms with E-state index in [4.69, 9.17) is 0 Å². The van der Waals surface area contributed by atoms with Gasteiger partial charge in [0.05, 0.1) is 6.04 Å². The van der Waals surface area contributed by atoms with Crippen LogP contribution in [0.15, 0.2) is 78.9 Å². The number of benzene rings is 4. The molecule has 1 amide bonds. The Morgan fingerprint density at radius 3 is 2.15 bits per heavy atom. The second-order valence-corrected chi connectivity index (χ2v) is 6.42. The summed E-state index contributed by atoms with van der Waals surface area (Å²) in [5, 5.41) is 17.8. The van der Waals surface area contributed by atoms with Crippen molar-refractivity contribution in [1.82, 2.24) is 5.32 Å². The summed E-state index contributed by atoms with van der Waals surface area (Å²) in [6.07, 6.45) is 0. The molecule has 3 nitrogen and oxygen atoms in total. The quantitative estimate of drug-likeness (QED) is 0.555. The van der Waals surface area contributed by atoms with Crippen LogP contribution in [0.25, 0.3) is 21.5 Å². The van der Waals surface area contributed by atoms with Crippen LogP contribution in [0.1, 0.15) is 24.1 Å². The summed E-state index contributed by atoms with van der Waals surface area (Å²) in [6, 6.07) is 25.1. The molecule has 26 heavy (non-hydrogen) atoms. The van der Waals surface area contributed by atoms with Gasteiger partial charge >= 0.3 is 0 Å². The number of carbonyl (C=O) groups excluding carboxylic acids is 1. The van der Waals surface area contributed by atoms with Gasteiger partial charge in [0, 0.05) is 12.5 Å². The fourth-order valence-electron chi connectivity index (χ4n) is 3.60. The third-order valence-electron chi connectivity index (χ3n) is 4.72. The molecule has 4 rings (SSSR count). The van der Waals surface area contributed by atoms with Gasteiger partial charge in [-0.15, -0.1) is 0 Å². The molecule has 0 spiro atoms. The lowest BCUT2D eigenvalue weighted by atomic mass is 9.90. The molecule has 1 unspecified atom stereocenters. The van der Waals surface area contributed by atoms with Gasteiger partial charge in [-0.3, -0.25) is 4.79 Å². The SMILES string of the molecule is CC(=O)NC(c1cccc2ccccc12)c1c(O)ccc2ccccc12. The van der Waals surface area contributed by atoms with Crippen LogP contribution in [0.2, 0.25) is 0 Å². The van der Waals surface area contributed by atoms with E-state index < -0.39 is 6.04 Å². The summed E-state index contributed by atoms with van der Waals surface area (Å²) in [4.78, 5) is 12.0. The topological polar surface area (TPSA) is 49.3 Å². The summed E-state index contributed by atoms with van der Waals surface area (Å²) >= 11 is 0. The van der Waals surface area contributed by atoms with Gasteiger partial charge in [-0.25, -0.2) is 0 Å². The Morgan fingerprint density at radius 2 is 1.42 bits per heavy atom. The molecule has 0 heterocycles. The Hall–Kier alpha value is -3.33. The van der Waals surface area contributed by atoms with Crippen molar-refractivity contribution in [2.45, 2.75) is 13.0 Å². The minimum Gasteiger partial charge on any atom is -0.508 e. The lowest BCUT2D eigenvalue weighted by Gasteiger charge is -2.23. The van der Waals surface area contributed by atoms with E-state index in [0.717, 1.165) is 32.7 Å². The van der Waals surface area contributed by atoms with E-state index in [9.17, 15) is 9.90 Å². The number of amides is 1. The molecular formula is C23H19NO2. The molecule has 0 aliphatic rings. The molecule has 0 aromatic heterocycles. The maximum atomic E-state index is 12.0. The molecule has 3 heteroatoms.